The third-order valence-corrected chi connectivity index (χ3v) is 1.67. The van der Waals surface area contributed by atoms with Crippen molar-refractivity contribution in [3.63, 3.8) is 0 Å². The van der Waals surface area contributed by atoms with Crippen LogP contribution in [0.5, 0.6) is 0 Å². The Morgan fingerprint density at radius 1 is 1.43 bits per heavy atom. The van der Waals surface area contributed by atoms with E-state index in [-0.39, 0.29) is 5.97 Å². The van der Waals surface area contributed by atoms with Gasteiger partial charge in [0, 0.05) is 12.5 Å². The Morgan fingerprint density at radius 3 is 2.64 bits per heavy atom. The highest BCUT2D eigenvalue weighted by Gasteiger charge is 1.95. The lowest BCUT2D eigenvalue weighted by molar-refractivity contribution is -0.374. The zero-order valence-corrected chi connectivity index (χ0v) is 8.79. The molecular formula is C10H20N2O2+2. The lowest BCUT2D eigenvalue weighted by Crippen LogP contribution is -2.54. The molecular weight excluding hydrogens is 180 g/mol. The molecule has 0 spiro atoms. The molecule has 0 aliphatic carbocycles. The topological polar surface area (TPSA) is 81.6 Å². The summed E-state index contributed by atoms with van der Waals surface area (Å²) in [4.78, 5) is 10.9. The van der Waals surface area contributed by atoms with E-state index in [9.17, 15) is 4.79 Å². The molecule has 0 bridgehead atoms. The summed E-state index contributed by atoms with van der Waals surface area (Å²) >= 11 is 0. The maximum absolute atomic E-state index is 10.9. The van der Waals surface area contributed by atoms with E-state index in [1.54, 1.807) is 13.0 Å². The monoisotopic (exact) mass is 200 g/mol. The van der Waals surface area contributed by atoms with Crippen LogP contribution in [0, 0.1) is 0 Å². The fraction of sp³-hybridized carbons (Fsp3) is 0.500. The van der Waals surface area contributed by atoms with Crippen LogP contribution in [-0.2, 0) is 9.53 Å². The van der Waals surface area contributed by atoms with Gasteiger partial charge in [0.2, 0.25) is 0 Å². The van der Waals surface area contributed by atoms with Gasteiger partial charge in [0.25, 0.3) is 0 Å². The van der Waals surface area contributed by atoms with Crippen molar-refractivity contribution in [3.8, 4) is 0 Å². The van der Waals surface area contributed by atoms with Crippen molar-refractivity contribution in [1.29, 1.82) is 0 Å². The molecule has 14 heavy (non-hydrogen) atoms. The average Bonchev–Trinajstić information content (AvgIpc) is 2.17. The predicted octanol–water partition coefficient (Wildman–Crippen LogP) is -1.09. The standard InChI is InChI=1S/C10H18N2O2/c1-2-14-10(13)5-3-4-9(8-12)6-7-11/h3-5H,2,6-8,11-12H2,1H3/p+2/b5-3+,9-4+. The minimum absolute atomic E-state index is 0.304. The number of hydrogen-bond donors (Lipinski definition) is 2. The molecule has 0 amide bonds. The zero-order valence-electron chi connectivity index (χ0n) is 8.79. The maximum atomic E-state index is 10.9. The summed E-state index contributed by atoms with van der Waals surface area (Å²) in [6.07, 6.45) is 5.95. The minimum atomic E-state index is -0.304. The Kier molecular flexibility index (Phi) is 7.78. The molecule has 0 fully saturated rings. The molecule has 4 nitrogen and oxygen atoms in total. The average molecular weight is 200 g/mol. The lowest BCUT2D eigenvalue weighted by Gasteiger charge is -1.96. The number of ether oxygens (including phenoxy) is 1. The quantitative estimate of drug-likeness (QED) is 0.324. The summed E-state index contributed by atoms with van der Waals surface area (Å²) in [7, 11) is 0. The second-order valence-corrected chi connectivity index (χ2v) is 2.79. The number of carbonyl (C=O) groups excluding carboxylic acids is 1. The first-order valence-electron chi connectivity index (χ1n) is 4.86. The Hall–Kier alpha value is -1.13. The summed E-state index contributed by atoms with van der Waals surface area (Å²) in [5.74, 6) is -0.304. The van der Waals surface area contributed by atoms with E-state index in [0.717, 1.165) is 19.5 Å². The Morgan fingerprint density at radius 2 is 2.14 bits per heavy atom. The number of rotatable bonds is 6. The summed E-state index contributed by atoms with van der Waals surface area (Å²) < 4.78 is 4.73. The van der Waals surface area contributed by atoms with Gasteiger partial charge in [0.15, 0.2) is 0 Å². The van der Waals surface area contributed by atoms with Crippen LogP contribution in [0.1, 0.15) is 13.3 Å². The van der Waals surface area contributed by atoms with E-state index in [2.05, 4.69) is 11.5 Å². The SMILES string of the molecule is CCOC(=O)/C=C/C=C(/C[NH3+])CC[NH3+]. The fourth-order valence-electron chi connectivity index (χ4n) is 0.972. The molecule has 0 aromatic heterocycles. The van der Waals surface area contributed by atoms with Crippen LogP contribution >= 0.6 is 0 Å². The fourth-order valence-corrected chi connectivity index (χ4v) is 0.972. The first-order chi connectivity index (χ1) is 6.74. The summed E-state index contributed by atoms with van der Waals surface area (Å²) in [5, 5.41) is 0. The molecule has 4 heteroatoms. The molecule has 0 aliphatic heterocycles. The van der Waals surface area contributed by atoms with Crippen molar-refractivity contribution in [2.24, 2.45) is 0 Å². The number of hydrogen-bond acceptors (Lipinski definition) is 2. The highest BCUT2D eigenvalue weighted by Crippen LogP contribution is 1.96. The van der Waals surface area contributed by atoms with Gasteiger partial charge in [-0.05, 0) is 12.5 Å². The van der Waals surface area contributed by atoms with Crippen LogP contribution in [0.15, 0.2) is 23.8 Å². The van der Waals surface area contributed by atoms with Gasteiger partial charge in [-0.15, -0.1) is 0 Å². The van der Waals surface area contributed by atoms with Crippen LogP contribution in [0.25, 0.3) is 0 Å². The van der Waals surface area contributed by atoms with Crippen molar-refractivity contribution >= 4 is 5.97 Å². The van der Waals surface area contributed by atoms with E-state index < -0.39 is 0 Å². The second kappa shape index (κ2) is 8.47. The van der Waals surface area contributed by atoms with Crippen molar-refractivity contribution in [2.75, 3.05) is 19.7 Å². The van der Waals surface area contributed by atoms with Crippen molar-refractivity contribution in [3.05, 3.63) is 23.8 Å². The first kappa shape index (κ1) is 12.9. The van der Waals surface area contributed by atoms with Crippen LogP contribution < -0.4 is 11.5 Å². The predicted molar refractivity (Wildman–Crippen MR) is 54.0 cm³/mol. The van der Waals surface area contributed by atoms with Gasteiger partial charge < -0.3 is 16.2 Å². The van der Waals surface area contributed by atoms with Crippen LogP contribution in [0.4, 0.5) is 0 Å². The lowest BCUT2D eigenvalue weighted by atomic mass is 10.2. The summed E-state index contributed by atoms with van der Waals surface area (Å²) in [6.45, 7) is 3.80. The Labute approximate surface area is 84.6 Å². The van der Waals surface area contributed by atoms with E-state index in [1.807, 2.05) is 6.08 Å². The van der Waals surface area contributed by atoms with Gasteiger partial charge in [-0.2, -0.15) is 0 Å². The number of quaternary nitrogens is 2. The van der Waals surface area contributed by atoms with Gasteiger partial charge in [0.05, 0.1) is 19.7 Å². The molecule has 0 saturated heterocycles. The second-order valence-electron chi connectivity index (χ2n) is 2.79. The van der Waals surface area contributed by atoms with E-state index >= 15 is 0 Å². The van der Waals surface area contributed by atoms with E-state index in [1.165, 1.54) is 11.6 Å². The van der Waals surface area contributed by atoms with Crippen LogP contribution in [0.2, 0.25) is 0 Å². The molecule has 0 saturated carbocycles. The number of esters is 1. The summed E-state index contributed by atoms with van der Waals surface area (Å²) in [5.41, 5.74) is 8.75. The van der Waals surface area contributed by atoms with Gasteiger partial charge in [0.1, 0.15) is 0 Å². The third-order valence-electron chi connectivity index (χ3n) is 1.67. The maximum Gasteiger partial charge on any atom is 0.330 e. The van der Waals surface area contributed by atoms with Gasteiger partial charge in [-0.3, -0.25) is 0 Å². The number of allylic oxidation sites excluding steroid dienone is 2. The van der Waals surface area contributed by atoms with Crippen molar-refractivity contribution < 1.29 is 21.0 Å². The van der Waals surface area contributed by atoms with Gasteiger partial charge in [-0.1, -0.05) is 12.2 Å². The van der Waals surface area contributed by atoms with E-state index in [0.29, 0.717) is 6.61 Å². The normalized spacial score (nSPS) is 12.1. The van der Waals surface area contributed by atoms with E-state index in [4.69, 9.17) is 4.74 Å². The highest BCUT2D eigenvalue weighted by molar-refractivity contribution is 5.82. The summed E-state index contributed by atoms with van der Waals surface area (Å²) in [6, 6.07) is 0. The molecule has 0 radical (unpaired) electrons. The minimum Gasteiger partial charge on any atom is -0.463 e. The van der Waals surface area contributed by atoms with Crippen LogP contribution in [-0.4, -0.2) is 25.7 Å². The molecule has 80 valence electrons. The largest absolute Gasteiger partial charge is 0.463 e. The molecule has 0 atom stereocenters. The van der Waals surface area contributed by atoms with Crippen molar-refractivity contribution in [1.82, 2.24) is 0 Å². The van der Waals surface area contributed by atoms with Gasteiger partial charge >= 0.3 is 5.97 Å². The molecule has 0 aliphatic rings. The third kappa shape index (κ3) is 6.39. The molecule has 0 aromatic rings. The van der Waals surface area contributed by atoms with Crippen molar-refractivity contribution in [2.45, 2.75) is 13.3 Å². The Balaban J connectivity index is 4.02. The Bertz CT molecular complexity index is 222. The first-order valence-corrected chi connectivity index (χ1v) is 4.86. The number of carbonyl (C=O) groups is 1. The zero-order chi connectivity index (χ0) is 10.8. The highest BCUT2D eigenvalue weighted by atomic mass is 16.5. The molecule has 0 heterocycles. The molecule has 6 N–H and O–H groups in total. The molecule has 0 aromatic carbocycles. The smallest absolute Gasteiger partial charge is 0.330 e. The van der Waals surface area contributed by atoms with Crippen LogP contribution in [0.3, 0.4) is 0 Å². The molecule has 0 unspecified atom stereocenters. The molecule has 0 rings (SSSR count). The van der Waals surface area contributed by atoms with Gasteiger partial charge in [-0.25, -0.2) is 4.79 Å².